The predicted molar refractivity (Wildman–Crippen MR) is 56.9 cm³/mol. The fourth-order valence-corrected chi connectivity index (χ4v) is 1.81. The van der Waals surface area contributed by atoms with Gasteiger partial charge >= 0.3 is 5.97 Å². The Bertz CT molecular complexity index is 246. The molecule has 0 aromatic carbocycles. The zero-order valence-electron chi connectivity index (χ0n) is 8.56. The van der Waals surface area contributed by atoms with Crippen LogP contribution in [0.15, 0.2) is 0 Å². The van der Waals surface area contributed by atoms with Crippen molar-refractivity contribution < 1.29 is 19.4 Å². The van der Waals surface area contributed by atoms with Gasteiger partial charge in [0.15, 0.2) is 6.10 Å². The number of nitrogens with one attached hydrogen (secondary N) is 1. The first-order chi connectivity index (χ1) is 7.13. The van der Waals surface area contributed by atoms with Gasteiger partial charge in [0.2, 0.25) is 5.91 Å². The normalized spacial score (nSPS) is 25.1. The molecule has 86 valence electrons. The van der Waals surface area contributed by atoms with Crippen molar-refractivity contribution in [1.82, 2.24) is 5.32 Å². The Morgan fingerprint density at radius 1 is 1.53 bits per heavy atom. The van der Waals surface area contributed by atoms with Crippen molar-refractivity contribution in [3.8, 4) is 0 Å². The summed E-state index contributed by atoms with van der Waals surface area (Å²) in [6, 6.07) is 0. The second-order valence-corrected chi connectivity index (χ2v) is 4.27. The lowest BCUT2D eigenvalue weighted by molar-refractivity contribution is -0.149. The molecule has 0 bridgehead atoms. The van der Waals surface area contributed by atoms with E-state index < -0.39 is 12.1 Å². The molecule has 1 saturated heterocycles. The van der Waals surface area contributed by atoms with Crippen molar-refractivity contribution in [2.24, 2.45) is 0 Å². The molecular formula is C9H15NO4S. The Morgan fingerprint density at radius 2 is 2.27 bits per heavy atom. The molecule has 2 N–H and O–H groups in total. The molecule has 2 unspecified atom stereocenters. The van der Waals surface area contributed by atoms with Crippen LogP contribution in [0.4, 0.5) is 0 Å². The van der Waals surface area contributed by atoms with E-state index in [-0.39, 0.29) is 12.0 Å². The number of ether oxygens (including phenoxy) is 1. The van der Waals surface area contributed by atoms with Gasteiger partial charge in [-0.15, -0.1) is 0 Å². The summed E-state index contributed by atoms with van der Waals surface area (Å²) in [7, 11) is 0. The summed E-state index contributed by atoms with van der Waals surface area (Å²) >= 11 is 1.45. The molecule has 6 heteroatoms. The van der Waals surface area contributed by atoms with Gasteiger partial charge in [-0.25, -0.2) is 4.79 Å². The molecule has 1 amide bonds. The van der Waals surface area contributed by atoms with Gasteiger partial charge < -0.3 is 15.2 Å². The Kier molecular flexibility index (Phi) is 4.90. The molecule has 2 atom stereocenters. The molecule has 1 aliphatic heterocycles. The number of hydrogen-bond acceptors (Lipinski definition) is 4. The van der Waals surface area contributed by atoms with Gasteiger partial charge in [0, 0.05) is 6.54 Å². The molecule has 1 heterocycles. The van der Waals surface area contributed by atoms with Gasteiger partial charge in [-0.2, -0.15) is 11.8 Å². The lowest BCUT2D eigenvalue weighted by atomic mass is 10.2. The summed E-state index contributed by atoms with van der Waals surface area (Å²) in [5.74, 6) is -0.535. The average Bonchev–Trinajstić information content (AvgIpc) is 2.63. The molecule has 15 heavy (non-hydrogen) atoms. The number of thioether (sulfide) groups is 1. The SMILES string of the molecule is CSCC(=O)NCC1CCC(C(=O)O)O1. The van der Waals surface area contributed by atoms with E-state index in [1.807, 2.05) is 6.26 Å². The maximum absolute atomic E-state index is 11.1. The highest BCUT2D eigenvalue weighted by atomic mass is 32.2. The number of aliphatic carboxylic acids is 1. The van der Waals surface area contributed by atoms with Crippen molar-refractivity contribution in [3.63, 3.8) is 0 Å². The summed E-state index contributed by atoms with van der Waals surface area (Å²) in [5.41, 5.74) is 0. The fourth-order valence-electron chi connectivity index (χ4n) is 1.45. The van der Waals surface area contributed by atoms with Gasteiger partial charge in [0.25, 0.3) is 0 Å². The second kappa shape index (κ2) is 5.97. The molecule has 0 aliphatic carbocycles. The van der Waals surface area contributed by atoms with Crippen molar-refractivity contribution >= 4 is 23.6 Å². The van der Waals surface area contributed by atoms with E-state index in [1.165, 1.54) is 11.8 Å². The van der Waals surface area contributed by atoms with E-state index in [0.29, 0.717) is 25.1 Å². The summed E-state index contributed by atoms with van der Waals surface area (Å²) < 4.78 is 5.23. The summed E-state index contributed by atoms with van der Waals surface area (Å²) in [5, 5.41) is 11.4. The highest BCUT2D eigenvalue weighted by Gasteiger charge is 2.30. The molecular weight excluding hydrogens is 218 g/mol. The minimum absolute atomic E-state index is 0.0372. The van der Waals surface area contributed by atoms with Crippen molar-refractivity contribution in [1.29, 1.82) is 0 Å². The fraction of sp³-hybridized carbons (Fsp3) is 0.778. The Morgan fingerprint density at radius 3 is 2.80 bits per heavy atom. The summed E-state index contributed by atoms with van der Waals surface area (Å²) in [4.78, 5) is 21.7. The van der Waals surface area contributed by atoms with Gasteiger partial charge in [0.1, 0.15) is 0 Å². The van der Waals surface area contributed by atoms with Crippen LogP contribution in [0.2, 0.25) is 0 Å². The summed E-state index contributed by atoms with van der Waals surface area (Å²) in [6.45, 7) is 0.406. The van der Waals surface area contributed by atoms with Crippen molar-refractivity contribution in [2.75, 3.05) is 18.6 Å². The number of rotatable bonds is 5. The highest BCUT2D eigenvalue weighted by Crippen LogP contribution is 2.19. The van der Waals surface area contributed by atoms with Gasteiger partial charge in [-0.05, 0) is 19.1 Å². The van der Waals surface area contributed by atoms with E-state index in [9.17, 15) is 9.59 Å². The standard InChI is InChI=1S/C9H15NO4S/c1-15-5-8(11)10-4-6-2-3-7(14-6)9(12)13/h6-7H,2-5H2,1H3,(H,10,11)(H,12,13). The third-order valence-electron chi connectivity index (χ3n) is 2.19. The first kappa shape index (κ1) is 12.3. The van der Waals surface area contributed by atoms with Crippen LogP contribution in [-0.2, 0) is 14.3 Å². The van der Waals surface area contributed by atoms with Crippen molar-refractivity contribution in [2.45, 2.75) is 25.0 Å². The van der Waals surface area contributed by atoms with Crippen LogP contribution in [0.1, 0.15) is 12.8 Å². The molecule has 0 aromatic rings. The lowest BCUT2D eigenvalue weighted by Crippen LogP contribution is -2.34. The topological polar surface area (TPSA) is 75.6 Å². The molecule has 0 aromatic heterocycles. The third-order valence-corrected chi connectivity index (χ3v) is 2.74. The van der Waals surface area contributed by atoms with Crippen LogP contribution < -0.4 is 5.32 Å². The van der Waals surface area contributed by atoms with Gasteiger partial charge in [-0.1, -0.05) is 0 Å². The second-order valence-electron chi connectivity index (χ2n) is 3.40. The number of carbonyl (C=O) groups is 2. The summed E-state index contributed by atoms with van der Waals surface area (Å²) in [6.07, 6.45) is 2.21. The van der Waals surface area contributed by atoms with E-state index in [4.69, 9.17) is 9.84 Å². The third kappa shape index (κ3) is 4.09. The number of hydrogen-bond donors (Lipinski definition) is 2. The minimum atomic E-state index is -0.923. The van der Waals surface area contributed by atoms with Crippen LogP contribution in [0, 0.1) is 0 Å². The van der Waals surface area contributed by atoms with Crippen LogP contribution in [0.5, 0.6) is 0 Å². The maximum Gasteiger partial charge on any atom is 0.332 e. The Balaban J connectivity index is 2.19. The number of amides is 1. The molecule has 5 nitrogen and oxygen atoms in total. The average molecular weight is 233 g/mol. The van der Waals surface area contributed by atoms with Crippen LogP contribution in [-0.4, -0.2) is 47.7 Å². The smallest absolute Gasteiger partial charge is 0.332 e. The molecule has 1 aliphatic rings. The van der Waals surface area contributed by atoms with Crippen LogP contribution >= 0.6 is 11.8 Å². The molecule has 0 radical (unpaired) electrons. The van der Waals surface area contributed by atoms with Crippen molar-refractivity contribution in [3.05, 3.63) is 0 Å². The number of carboxylic acids is 1. The number of carboxylic acid groups (broad SMARTS) is 1. The van der Waals surface area contributed by atoms with E-state index in [0.717, 1.165) is 0 Å². The molecule has 0 saturated carbocycles. The van der Waals surface area contributed by atoms with Crippen LogP contribution in [0.25, 0.3) is 0 Å². The van der Waals surface area contributed by atoms with E-state index in [1.54, 1.807) is 0 Å². The largest absolute Gasteiger partial charge is 0.479 e. The quantitative estimate of drug-likeness (QED) is 0.704. The Labute approximate surface area is 92.6 Å². The van der Waals surface area contributed by atoms with Gasteiger partial charge in [-0.3, -0.25) is 4.79 Å². The van der Waals surface area contributed by atoms with Gasteiger partial charge in [0.05, 0.1) is 11.9 Å². The molecule has 0 spiro atoms. The first-order valence-electron chi connectivity index (χ1n) is 4.77. The van der Waals surface area contributed by atoms with E-state index in [2.05, 4.69) is 5.32 Å². The zero-order chi connectivity index (χ0) is 11.3. The number of carbonyl (C=O) groups excluding carboxylic acids is 1. The first-order valence-corrected chi connectivity index (χ1v) is 6.16. The predicted octanol–water partition coefficient (Wildman–Crippen LogP) is 0.0978. The highest BCUT2D eigenvalue weighted by molar-refractivity contribution is 7.99. The van der Waals surface area contributed by atoms with Crippen LogP contribution in [0.3, 0.4) is 0 Å². The minimum Gasteiger partial charge on any atom is -0.479 e. The Hall–Kier alpha value is -0.750. The monoisotopic (exact) mass is 233 g/mol. The zero-order valence-corrected chi connectivity index (χ0v) is 9.38. The molecule has 1 fully saturated rings. The lowest BCUT2D eigenvalue weighted by Gasteiger charge is -2.11. The van der Waals surface area contributed by atoms with E-state index >= 15 is 0 Å². The molecule has 1 rings (SSSR count). The maximum atomic E-state index is 11.1.